The zero-order valence-corrected chi connectivity index (χ0v) is 9.74. The van der Waals surface area contributed by atoms with E-state index in [1.54, 1.807) is 11.9 Å². The molecular weight excluding hydrogens is 228 g/mol. The van der Waals surface area contributed by atoms with E-state index >= 15 is 0 Å². The van der Waals surface area contributed by atoms with Gasteiger partial charge in [0.2, 0.25) is 0 Å². The molecule has 1 fully saturated rings. The zero-order valence-electron chi connectivity index (χ0n) is 8.98. The molecule has 1 aromatic heterocycles. The lowest BCUT2D eigenvalue weighted by atomic mass is 10.0. The van der Waals surface area contributed by atoms with Crippen molar-refractivity contribution in [1.29, 1.82) is 0 Å². The molecule has 0 aromatic carbocycles. The average Bonchev–Trinajstić information content (AvgIpc) is 2.23. The van der Waals surface area contributed by atoms with E-state index in [1.165, 1.54) is 12.4 Å². The molecule has 0 bridgehead atoms. The van der Waals surface area contributed by atoms with Gasteiger partial charge in [-0.3, -0.25) is 4.79 Å². The Labute approximate surface area is 98.8 Å². The molecule has 0 aliphatic carbocycles. The van der Waals surface area contributed by atoms with E-state index in [0.717, 1.165) is 19.6 Å². The van der Waals surface area contributed by atoms with Crippen LogP contribution in [0.5, 0.6) is 0 Å². The Morgan fingerprint density at radius 1 is 1.56 bits per heavy atom. The fraction of sp³-hybridized carbons (Fsp3) is 0.500. The number of amides is 1. The van der Waals surface area contributed by atoms with Crippen LogP contribution in [0.15, 0.2) is 12.4 Å². The smallest absolute Gasteiger partial charge is 0.273 e. The number of rotatable bonds is 3. The molecule has 0 atom stereocenters. The van der Waals surface area contributed by atoms with Gasteiger partial charge in [-0.2, -0.15) is 0 Å². The normalized spacial score (nSPS) is 15.6. The van der Waals surface area contributed by atoms with Crippen molar-refractivity contribution in [3.05, 3.63) is 23.2 Å². The van der Waals surface area contributed by atoms with Crippen molar-refractivity contribution >= 4 is 17.5 Å². The maximum absolute atomic E-state index is 11.9. The fourth-order valence-corrected chi connectivity index (χ4v) is 1.66. The van der Waals surface area contributed by atoms with Crippen LogP contribution < -0.4 is 5.32 Å². The van der Waals surface area contributed by atoms with E-state index in [0.29, 0.717) is 16.8 Å². The summed E-state index contributed by atoms with van der Waals surface area (Å²) in [5, 5.41) is 3.46. The van der Waals surface area contributed by atoms with E-state index in [1.807, 2.05) is 0 Å². The average molecular weight is 241 g/mol. The Morgan fingerprint density at radius 3 is 2.81 bits per heavy atom. The van der Waals surface area contributed by atoms with Gasteiger partial charge in [0, 0.05) is 32.6 Å². The summed E-state index contributed by atoms with van der Waals surface area (Å²) < 4.78 is 0. The first-order valence-electron chi connectivity index (χ1n) is 5.10. The molecule has 2 heterocycles. The lowest BCUT2D eigenvalue weighted by Crippen LogP contribution is -2.48. The molecule has 0 saturated carbocycles. The van der Waals surface area contributed by atoms with Crippen molar-refractivity contribution in [2.24, 2.45) is 5.92 Å². The summed E-state index contributed by atoms with van der Waals surface area (Å²) in [5.74, 6) is 0.435. The Hall–Kier alpha value is -1.20. The van der Waals surface area contributed by atoms with Crippen LogP contribution in [0.25, 0.3) is 0 Å². The minimum Gasteiger partial charge on any atom is -0.340 e. The molecule has 0 unspecified atom stereocenters. The highest BCUT2D eigenvalue weighted by Crippen LogP contribution is 2.08. The topological polar surface area (TPSA) is 58.1 Å². The van der Waals surface area contributed by atoms with Crippen molar-refractivity contribution in [3.63, 3.8) is 0 Å². The van der Waals surface area contributed by atoms with Gasteiger partial charge in [-0.25, -0.2) is 9.97 Å². The predicted octanol–water partition coefficient (Wildman–Crippen LogP) is 0.421. The lowest BCUT2D eigenvalue weighted by molar-refractivity contribution is 0.0749. The molecule has 16 heavy (non-hydrogen) atoms. The highest BCUT2D eigenvalue weighted by Gasteiger charge is 2.22. The van der Waals surface area contributed by atoms with Gasteiger partial charge in [0.15, 0.2) is 0 Å². The molecule has 1 saturated heterocycles. The summed E-state index contributed by atoms with van der Waals surface area (Å²) in [7, 11) is 1.77. The zero-order chi connectivity index (χ0) is 11.5. The van der Waals surface area contributed by atoms with Crippen LogP contribution in [-0.2, 0) is 0 Å². The van der Waals surface area contributed by atoms with Gasteiger partial charge in [-0.1, -0.05) is 11.6 Å². The van der Waals surface area contributed by atoms with Gasteiger partial charge in [0.05, 0.1) is 12.4 Å². The van der Waals surface area contributed by atoms with Crippen LogP contribution in [0.3, 0.4) is 0 Å². The monoisotopic (exact) mass is 240 g/mol. The molecule has 1 aromatic rings. The second kappa shape index (κ2) is 4.76. The summed E-state index contributed by atoms with van der Waals surface area (Å²) in [6, 6.07) is 0. The van der Waals surface area contributed by atoms with Gasteiger partial charge >= 0.3 is 0 Å². The highest BCUT2D eigenvalue weighted by molar-refractivity contribution is 6.29. The second-order valence-electron chi connectivity index (χ2n) is 3.93. The number of halogens is 1. The molecule has 6 heteroatoms. The molecule has 0 spiro atoms. The van der Waals surface area contributed by atoms with Crippen LogP contribution in [0, 0.1) is 5.92 Å². The molecular formula is C10H13ClN4O. The standard InChI is InChI=1S/C10H13ClN4O/c1-15(6-7-2-12-3-7)10(16)8-4-14-9(11)5-13-8/h4-5,7,12H,2-3,6H2,1H3. The summed E-state index contributed by atoms with van der Waals surface area (Å²) in [6.45, 7) is 2.70. The Balaban J connectivity index is 1.97. The van der Waals surface area contributed by atoms with Gasteiger partial charge in [-0.15, -0.1) is 0 Å². The SMILES string of the molecule is CN(CC1CNC1)C(=O)c1cnc(Cl)cn1. The number of carbonyl (C=O) groups excluding carboxylic acids is 1. The summed E-state index contributed by atoms with van der Waals surface area (Å²) in [4.78, 5) is 21.3. The van der Waals surface area contributed by atoms with Crippen molar-refractivity contribution in [2.45, 2.75) is 0 Å². The maximum Gasteiger partial charge on any atom is 0.273 e. The van der Waals surface area contributed by atoms with Gasteiger partial charge in [-0.05, 0) is 0 Å². The van der Waals surface area contributed by atoms with Crippen molar-refractivity contribution in [2.75, 3.05) is 26.7 Å². The third kappa shape index (κ3) is 2.48. The van der Waals surface area contributed by atoms with E-state index in [9.17, 15) is 4.79 Å². The number of hydrogen-bond acceptors (Lipinski definition) is 4. The van der Waals surface area contributed by atoms with E-state index in [2.05, 4.69) is 15.3 Å². The first-order chi connectivity index (χ1) is 7.66. The van der Waals surface area contributed by atoms with Crippen molar-refractivity contribution < 1.29 is 4.79 Å². The number of carbonyl (C=O) groups is 1. The molecule has 0 radical (unpaired) electrons. The summed E-state index contributed by atoms with van der Waals surface area (Å²) in [6.07, 6.45) is 2.79. The summed E-state index contributed by atoms with van der Waals surface area (Å²) >= 11 is 5.61. The van der Waals surface area contributed by atoms with E-state index in [4.69, 9.17) is 11.6 Å². The lowest BCUT2D eigenvalue weighted by Gasteiger charge is -2.31. The van der Waals surface area contributed by atoms with Crippen LogP contribution in [-0.4, -0.2) is 47.5 Å². The number of nitrogens with zero attached hydrogens (tertiary/aromatic N) is 3. The maximum atomic E-state index is 11.9. The molecule has 86 valence electrons. The first kappa shape index (κ1) is 11.3. The molecule has 1 aliphatic rings. The Kier molecular flexibility index (Phi) is 3.36. The third-order valence-electron chi connectivity index (χ3n) is 2.58. The van der Waals surface area contributed by atoms with Gasteiger partial charge in [0.25, 0.3) is 5.91 Å². The fourth-order valence-electron chi connectivity index (χ4n) is 1.57. The molecule has 2 rings (SSSR count). The quantitative estimate of drug-likeness (QED) is 0.832. The molecule has 1 N–H and O–H groups in total. The van der Waals surface area contributed by atoms with Crippen LogP contribution in [0.2, 0.25) is 5.15 Å². The second-order valence-corrected chi connectivity index (χ2v) is 4.32. The minimum atomic E-state index is -0.115. The number of hydrogen-bond donors (Lipinski definition) is 1. The van der Waals surface area contributed by atoms with Crippen molar-refractivity contribution in [1.82, 2.24) is 20.2 Å². The Bertz CT molecular complexity index is 377. The number of aromatic nitrogens is 2. The first-order valence-corrected chi connectivity index (χ1v) is 5.48. The summed E-state index contributed by atoms with van der Waals surface area (Å²) in [5.41, 5.74) is 0.333. The highest BCUT2D eigenvalue weighted by atomic mass is 35.5. The number of nitrogens with one attached hydrogen (secondary N) is 1. The van der Waals surface area contributed by atoms with Crippen LogP contribution >= 0.6 is 11.6 Å². The molecule has 1 aliphatic heterocycles. The largest absolute Gasteiger partial charge is 0.340 e. The molecule has 5 nitrogen and oxygen atoms in total. The van der Waals surface area contributed by atoms with Gasteiger partial charge < -0.3 is 10.2 Å². The van der Waals surface area contributed by atoms with E-state index < -0.39 is 0 Å². The molecule has 1 amide bonds. The Morgan fingerprint density at radius 2 is 2.31 bits per heavy atom. The van der Waals surface area contributed by atoms with Gasteiger partial charge in [0.1, 0.15) is 10.8 Å². The van der Waals surface area contributed by atoms with Crippen LogP contribution in [0.1, 0.15) is 10.5 Å². The van der Waals surface area contributed by atoms with Crippen LogP contribution in [0.4, 0.5) is 0 Å². The third-order valence-corrected chi connectivity index (χ3v) is 2.78. The van der Waals surface area contributed by atoms with E-state index in [-0.39, 0.29) is 5.91 Å². The van der Waals surface area contributed by atoms with Crippen molar-refractivity contribution in [3.8, 4) is 0 Å². The minimum absolute atomic E-state index is 0.115. The predicted molar refractivity (Wildman–Crippen MR) is 60.4 cm³/mol.